The Morgan fingerprint density at radius 2 is 2.08 bits per heavy atom. The average molecular weight is 175 g/mol. The predicted molar refractivity (Wildman–Crippen MR) is 40.1 cm³/mol. The van der Waals surface area contributed by atoms with Gasteiger partial charge in [-0.25, -0.2) is 0 Å². The number of aliphatic hydroxyl groups excluding tert-OH is 2. The highest BCUT2D eigenvalue weighted by Gasteiger charge is 2.43. The zero-order valence-corrected chi connectivity index (χ0v) is 6.80. The number of carbonyl (C=O) groups is 1. The van der Waals surface area contributed by atoms with Gasteiger partial charge in [0.2, 0.25) is 0 Å². The SMILES string of the molecule is COC(=O)[C@H]1C[C@H](N)[C@@H](O)[C@H]1O. The zero-order chi connectivity index (χ0) is 9.30. The van der Waals surface area contributed by atoms with E-state index in [1.807, 2.05) is 0 Å². The quantitative estimate of drug-likeness (QED) is 0.410. The van der Waals surface area contributed by atoms with E-state index in [4.69, 9.17) is 5.73 Å². The molecule has 0 aromatic carbocycles. The van der Waals surface area contributed by atoms with Gasteiger partial charge in [0, 0.05) is 6.04 Å². The van der Waals surface area contributed by atoms with Gasteiger partial charge in [-0.3, -0.25) is 4.79 Å². The van der Waals surface area contributed by atoms with Gasteiger partial charge in [-0.2, -0.15) is 0 Å². The number of ether oxygens (including phenoxy) is 1. The Kier molecular flexibility index (Phi) is 2.66. The summed E-state index contributed by atoms with van der Waals surface area (Å²) in [5.41, 5.74) is 5.43. The third-order valence-corrected chi connectivity index (χ3v) is 2.23. The maximum absolute atomic E-state index is 11.0. The molecule has 0 bridgehead atoms. The minimum absolute atomic E-state index is 0.273. The molecule has 4 N–H and O–H groups in total. The first-order valence-corrected chi connectivity index (χ1v) is 3.77. The van der Waals surface area contributed by atoms with E-state index in [0.29, 0.717) is 0 Å². The number of nitrogens with two attached hydrogens (primary N) is 1. The van der Waals surface area contributed by atoms with Crippen LogP contribution in [0.1, 0.15) is 6.42 Å². The predicted octanol–water partition coefficient (Wildman–Crippen LogP) is -1.77. The molecular weight excluding hydrogens is 162 g/mol. The summed E-state index contributed by atoms with van der Waals surface area (Å²) in [5, 5.41) is 18.5. The van der Waals surface area contributed by atoms with Gasteiger partial charge in [0.15, 0.2) is 0 Å². The largest absolute Gasteiger partial charge is 0.469 e. The highest BCUT2D eigenvalue weighted by molar-refractivity contribution is 5.73. The lowest BCUT2D eigenvalue weighted by Gasteiger charge is -2.13. The number of esters is 1. The first kappa shape index (κ1) is 9.44. The molecule has 0 aromatic heterocycles. The Hall–Kier alpha value is -0.650. The van der Waals surface area contributed by atoms with Crippen LogP contribution in [0.4, 0.5) is 0 Å². The fourth-order valence-corrected chi connectivity index (χ4v) is 1.45. The Labute approximate surface area is 70.1 Å². The van der Waals surface area contributed by atoms with Crippen LogP contribution < -0.4 is 5.73 Å². The van der Waals surface area contributed by atoms with Gasteiger partial charge in [0.25, 0.3) is 0 Å². The van der Waals surface area contributed by atoms with Gasteiger partial charge in [-0.05, 0) is 6.42 Å². The third kappa shape index (κ3) is 1.43. The van der Waals surface area contributed by atoms with Crippen LogP contribution in [-0.4, -0.2) is 41.5 Å². The first-order chi connectivity index (χ1) is 5.57. The van der Waals surface area contributed by atoms with Crippen LogP contribution in [0.15, 0.2) is 0 Å². The van der Waals surface area contributed by atoms with E-state index in [9.17, 15) is 15.0 Å². The van der Waals surface area contributed by atoms with Gasteiger partial charge >= 0.3 is 5.97 Å². The van der Waals surface area contributed by atoms with Crippen molar-refractivity contribution < 1.29 is 19.7 Å². The topological polar surface area (TPSA) is 92.8 Å². The lowest BCUT2D eigenvalue weighted by molar-refractivity contribution is -0.149. The third-order valence-electron chi connectivity index (χ3n) is 2.23. The average Bonchev–Trinajstić information content (AvgIpc) is 2.32. The van der Waals surface area contributed by atoms with Crippen molar-refractivity contribution in [1.82, 2.24) is 0 Å². The number of hydrogen-bond donors (Lipinski definition) is 3. The Bertz CT molecular complexity index is 184. The zero-order valence-electron chi connectivity index (χ0n) is 6.80. The molecule has 0 radical (unpaired) electrons. The summed E-state index contributed by atoms with van der Waals surface area (Å²) in [6.07, 6.45) is -1.84. The standard InChI is InChI=1S/C7H13NO4/c1-12-7(11)3-2-4(8)6(10)5(3)9/h3-6,9-10H,2,8H2,1H3/t3-,4-,5-,6+/m0/s1. The molecule has 4 atom stereocenters. The van der Waals surface area contributed by atoms with Crippen LogP contribution in [0.5, 0.6) is 0 Å². The fourth-order valence-electron chi connectivity index (χ4n) is 1.45. The van der Waals surface area contributed by atoms with Crippen LogP contribution in [0.3, 0.4) is 0 Å². The van der Waals surface area contributed by atoms with Crippen molar-refractivity contribution >= 4 is 5.97 Å². The molecule has 0 aliphatic heterocycles. The lowest BCUT2D eigenvalue weighted by Crippen LogP contribution is -2.36. The van der Waals surface area contributed by atoms with Crippen LogP contribution in [-0.2, 0) is 9.53 Å². The summed E-state index contributed by atoms with van der Waals surface area (Å²) in [5.74, 6) is -1.20. The van der Waals surface area contributed by atoms with Crippen molar-refractivity contribution in [3.63, 3.8) is 0 Å². The molecule has 1 aliphatic rings. The maximum Gasteiger partial charge on any atom is 0.311 e. The monoisotopic (exact) mass is 175 g/mol. The molecule has 5 heteroatoms. The van der Waals surface area contributed by atoms with Gasteiger partial charge in [0.05, 0.1) is 25.2 Å². The molecule has 1 fully saturated rings. The molecule has 0 heterocycles. The molecule has 0 saturated heterocycles. The van der Waals surface area contributed by atoms with Crippen molar-refractivity contribution in [3.8, 4) is 0 Å². The Balaban J connectivity index is 2.64. The second-order valence-electron chi connectivity index (χ2n) is 3.01. The van der Waals surface area contributed by atoms with Crippen LogP contribution >= 0.6 is 0 Å². The van der Waals surface area contributed by atoms with Crippen LogP contribution in [0.2, 0.25) is 0 Å². The molecule has 1 saturated carbocycles. The van der Waals surface area contributed by atoms with E-state index in [0.717, 1.165) is 0 Å². The van der Waals surface area contributed by atoms with Gasteiger partial charge in [0.1, 0.15) is 0 Å². The van der Waals surface area contributed by atoms with E-state index in [1.165, 1.54) is 7.11 Å². The van der Waals surface area contributed by atoms with Gasteiger partial charge in [-0.15, -0.1) is 0 Å². The van der Waals surface area contributed by atoms with E-state index < -0.39 is 30.1 Å². The molecule has 70 valence electrons. The van der Waals surface area contributed by atoms with Crippen molar-refractivity contribution in [2.75, 3.05) is 7.11 Å². The molecule has 0 aromatic rings. The number of aliphatic hydroxyl groups is 2. The normalized spacial score (nSPS) is 41.3. The second-order valence-corrected chi connectivity index (χ2v) is 3.01. The van der Waals surface area contributed by atoms with Crippen LogP contribution in [0, 0.1) is 5.92 Å². The lowest BCUT2D eigenvalue weighted by atomic mass is 10.1. The minimum atomic E-state index is -1.09. The minimum Gasteiger partial charge on any atom is -0.469 e. The Morgan fingerprint density at radius 3 is 2.42 bits per heavy atom. The number of hydrogen-bond acceptors (Lipinski definition) is 5. The van der Waals surface area contributed by atoms with Gasteiger partial charge in [-0.1, -0.05) is 0 Å². The molecule has 0 amide bonds. The van der Waals surface area contributed by atoms with E-state index >= 15 is 0 Å². The van der Waals surface area contributed by atoms with Crippen molar-refractivity contribution in [1.29, 1.82) is 0 Å². The number of rotatable bonds is 1. The molecular formula is C7H13NO4. The summed E-state index contributed by atoms with van der Waals surface area (Å²) in [6.45, 7) is 0. The fraction of sp³-hybridized carbons (Fsp3) is 0.857. The van der Waals surface area contributed by atoms with Gasteiger partial charge < -0.3 is 20.7 Å². The molecule has 0 spiro atoms. The van der Waals surface area contributed by atoms with Crippen molar-refractivity contribution in [3.05, 3.63) is 0 Å². The summed E-state index contributed by atoms with van der Waals surface area (Å²) >= 11 is 0. The second kappa shape index (κ2) is 3.38. The van der Waals surface area contributed by atoms with E-state index in [2.05, 4.69) is 4.74 Å². The maximum atomic E-state index is 11.0. The summed E-state index contributed by atoms with van der Waals surface area (Å²) in [4.78, 5) is 11.0. The smallest absolute Gasteiger partial charge is 0.311 e. The first-order valence-electron chi connectivity index (χ1n) is 3.77. The van der Waals surface area contributed by atoms with Crippen molar-refractivity contribution in [2.24, 2.45) is 11.7 Å². The number of methoxy groups -OCH3 is 1. The summed E-state index contributed by atoms with van der Waals surface area (Å²) in [6, 6.07) is -0.538. The molecule has 5 nitrogen and oxygen atoms in total. The molecule has 0 unspecified atom stereocenters. The highest BCUT2D eigenvalue weighted by Crippen LogP contribution is 2.26. The Morgan fingerprint density at radius 1 is 1.50 bits per heavy atom. The highest BCUT2D eigenvalue weighted by atomic mass is 16.5. The molecule has 1 rings (SSSR count). The van der Waals surface area contributed by atoms with Crippen LogP contribution in [0.25, 0.3) is 0 Å². The van der Waals surface area contributed by atoms with E-state index in [1.54, 1.807) is 0 Å². The van der Waals surface area contributed by atoms with E-state index in [-0.39, 0.29) is 6.42 Å². The summed E-state index contributed by atoms with van der Waals surface area (Å²) < 4.78 is 4.44. The molecule has 1 aliphatic carbocycles. The molecule has 12 heavy (non-hydrogen) atoms. The summed E-state index contributed by atoms with van der Waals surface area (Å²) in [7, 11) is 1.24. The number of carbonyl (C=O) groups excluding carboxylic acids is 1. The van der Waals surface area contributed by atoms with Crippen molar-refractivity contribution in [2.45, 2.75) is 24.7 Å².